The molecule has 4 heteroatoms. The minimum Gasteiger partial charge on any atom is -0.469 e. The van der Waals surface area contributed by atoms with E-state index in [1.165, 1.54) is 7.11 Å². The number of nitrogens with zero attached hydrogens (tertiary/aromatic N) is 1. The van der Waals surface area contributed by atoms with E-state index in [0.717, 1.165) is 0 Å². The molecule has 0 amide bonds. The maximum atomic E-state index is 11.0. The average molecular weight is 169 g/mol. The molecule has 0 aromatic carbocycles. The van der Waals surface area contributed by atoms with Gasteiger partial charge < -0.3 is 9.84 Å². The number of hydrogen-bond acceptors (Lipinski definition) is 4. The van der Waals surface area contributed by atoms with Crippen LogP contribution in [0.1, 0.15) is 12.8 Å². The Hall–Kier alpha value is -1.08. The van der Waals surface area contributed by atoms with Crippen molar-refractivity contribution >= 4 is 5.97 Å². The molecular formula is C8H11NO3. The van der Waals surface area contributed by atoms with Crippen LogP contribution in [0.5, 0.6) is 0 Å². The molecule has 0 aromatic rings. The molecule has 0 bridgehead atoms. The summed E-state index contributed by atoms with van der Waals surface area (Å²) >= 11 is 0. The van der Waals surface area contributed by atoms with Crippen molar-refractivity contribution in [1.29, 1.82) is 5.26 Å². The maximum absolute atomic E-state index is 11.0. The van der Waals surface area contributed by atoms with E-state index in [1.54, 1.807) is 0 Å². The van der Waals surface area contributed by atoms with E-state index < -0.39 is 12.0 Å². The highest BCUT2D eigenvalue weighted by Crippen LogP contribution is 2.31. The molecule has 1 N–H and O–H groups in total. The standard InChI is InChI=1S/C8H11NO3/c1-12-8(11)5-2-6(4-9)7(10)3-5/h5-7,10H,2-3H2,1H3/t5-,6-,7-/m0/s1. The lowest BCUT2D eigenvalue weighted by Gasteiger charge is -2.04. The van der Waals surface area contributed by atoms with E-state index in [0.29, 0.717) is 12.8 Å². The largest absolute Gasteiger partial charge is 0.469 e. The van der Waals surface area contributed by atoms with E-state index in [-0.39, 0.29) is 11.9 Å². The van der Waals surface area contributed by atoms with Gasteiger partial charge in [0.25, 0.3) is 0 Å². The van der Waals surface area contributed by atoms with Crippen molar-refractivity contribution in [3.63, 3.8) is 0 Å². The molecule has 1 aliphatic carbocycles. The second-order valence-corrected chi connectivity index (χ2v) is 2.99. The van der Waals surface area contributed by atoms with Crippen LogP contribution in [-0.2, 0) is 9.53 Å². The number of hydrogen-bond donors (Lipinski definition) is 1. The minimum absolute atomic E-state index is 0.297. The molecule has 1 fully saturated rings. The Bertz CT molecular complexity index is 221. The van der Waals surface area contributed by atoms with Gasteiger partial charge in [-0.15, -0.1) is 0 Å². The molecule has 0 radical (unpaired) electrons. The molecule has 1 saturated carbocycles. The van der Waals surface area contributed by atoms with Crippen LogP contribution in [0, 0.1) is 23.2 Å². The third-order valence-electron chi connectivity index (χ3n) is 2.23. The van der Waals surface area contributed by atoms with Gasteiger partial charge in [-0.1, -0.05) is 0 Å². The highest BCUT2D eigenvalue weighted by atomic mass is 16.5. The molecule has 66 valence electrons. The smallest absolute Gasteiger partial charge is 0.308 e. The number of carbonyl (C=O) groups excluding carboxylic acids is 1. The zero-order valence-electron chi connectivity index (χ0n) is 6.86. The van der Waals surface area contributed by atoms with Crippen molar-refractivity contribution in [2.75, 3.05) is 7.11 Å². The summed E-state index contributed by atoms with van der Waals surface area (Å²) < 4.78 is 4.52. The molecule has 3 atom stereocenters. The van der Waals surface area contributed by atoms with Gasteiger partial charge in [0.05, 0.1) is 31.1 Å². The van der Waals surface area contributed by atoms with Gasteiger partial charge in [0.1, 0.15) is 0 Å². The van der Waals surface area contributed by atoms with Crippen LogP contribution in [0.3, 0.4) is 0 Å². The van der Waals surface area contributed by atoms with E-state index >= 15 is 0 Å². The van der Waals surface area contributed by atoms with Crippen LogP contribution < -0.4 is 0 Å². The Morgan fingerprint density at radius 2 is 2.33 bits per heavy atom. The van der Waals surface area contributed by atoms with Crippen molar-refractivity contribution in [3.8, 4) is 6.07 Å². The van der Waals surface area contributed by atoms with Crippen LogP contribution in [0.2, 0.25) is 0 Å². The monoisotopic (exact) mass is 169 g/mol. The highest BCUT2D eigenvalue weighted by molar-refractivity contribution is 5.72. The number of ether oxygens (including phenoxy) is 1. The predicted molar refractivity (Wildman–Crippen MR) is 39.8 cm³/mol. The highest BCUT2D eigenvalue weighted by Gasteiger charge is 2.37. The van der Waals surface area contributed by atoms with Crippen LogP contribution in [0.4, 0.5) is 0 Å². The minimum atomic E-state index is -0.668. The van der Waals surface area contributed by atoms with Gasteiger partial charge in [-0.3, -0.25) is 4.79 Å². The molecule has 0 heterocycles. The van der Waals surface area contributed by atoms with Crippen LogP contribution >= 0.6 is 0 Å². The first-order valence-corrected chi connectivity index (χ1v) is 3.84. The average Bonchev–Trinajstić information content (AvgIpc) is 2.45. The second kappa shape index (κ2) is 3.55. The summed E-state index contributed by atoms with van der Waals surface area (Å²) in [4.78, 5) is 11.0. The molecule has 0 unspecified atom stereocenters. The number of carbonyl (C=O) groups is 1. The lowest BCUT2D eigenvalue weighted by Crippen LogP contribution is -2.13. The molecule has 0 spiro atoms. The Labute approximate surface area is 70.7 Å². The molecule has 1 rings (SSSR count). The third kappa shape index (κ3) is 1.56. The Balaban J connectivity index is 2.55. The molecule has 4 nitrogen and oxygen atoms in total. The lowest BCUT2D eigenvalue weighted by molar-refractivity contribution is -0.145. The fraction of sp³-hybridized carbons (Fsp3) is 0.750. The van der Waals surface area contributed by atoms with Crippen LogP contribution in [-0.4, -0.2) is 24.3 Å². The van der Waals surface area contributed by atoms with E-state index in [4.69, 9.17) is 5.26 Å². The van der Waals surface area contributed by atoms with Crippen LogP contribution in [0.15, 0.2) is 0 Å². The molecule has 0 aromatic heterocycles. The summed E-state index contributed by atoms with van der Waals surface area (Å²) in [6, 6.07) is 1.96. The van der Waals surface area contributed by atoms with Crippen molar-refractivity contribution in [3.05, 3.63) is 0 Å². The van der Waals surface area contributed by atoms with Crippen LogP contribution in [0.25, 0.3) is 0 Å². The zero-order valence-corrected chi connectivity index (χ0v) is 6.86. The third-order valence-corrected chi connectivity index (χ3v) is 2.23. The Morgan fingerprint density at radius 3 is 2.75 bits per heavy atom. The fourth-order valence-corrected chi connectivity index (χ4v) is 1.51. The summed E-state index contributed by atoms with van der Waals surface area (Å²) in [5.41, 5.74) is 0. The first kappa shape index (κ1) is 9.01. The van der Waals surface area contributed by atoms with Crippen molar-refractivity contribution in [2.24, 2.45) is 11.8 Å². The summed E-state index contributed by atoms with van der Waals surface area (Å²) in [6.07, 6.45) is 0.106. The van der Waals surface area contributed by atoms with Gasteiger partial charge >= 0.3 is 5.97 Å². The Kier molecular flexibility index (Phi) is 2.66. The van der Waals surface area contributed by atoms with E-state index in [2.05, 4.69) is 4.74 Å². The van der Waals surface area contributed by atoms with Crippen molar-refractivity contribution in [2.45, 2.75) is 18.9 Å². The fourth-order valence-electron chi connectivity index (χ4n) is 1.51. The molecule has 0 aliphatic heterocycles. The molecule has 12 heavy (non-hydrogen) atoms. The van der Waals surface area contributed by atoms with E-state index in [1.807, 2.05) is 6.07 Å². The SMILES string of the molecule is COC(=O)[C@H]1C[C@@H](C#N)[C@@H](O)C1. The number of aliphatic hydroxyl groups is 1. The Morgan fingerprint density at radius 1 is 1.67 bits per heavy atom. The molecular weight excluding hydrogens is 158 g/mol. The zero-order chi connectivity index (χ0) is 9.14. The summed E-state index contributed by atoms with van der Waals surface area (Å²) in [5, 5.41) is 17.8. The first-order chi connectivity index (χ1) is 5.69. The number of aliphatic hydroxyl groups excluding tert-OH is 1. The number of rotatable bonds is 1. The summed E-state index contributed by atoms with van der Waals surface area (Å²) in [7, 11) is 1.31. The first-order valence-electron chi connectivity index (χ1n) is 3.84. The van der Waals surface area contributed by atoms with E-state index in [9.17, 15) is 9.90 Å². The molecule has 0 saturated heterocycles. The summed E-state index contributed by atoms with van der Waals surface area (Å²) in [5.74, 6) is -1.03. The normalized spacial score (nSPS) is 34.2. The predicted octanol–water partition coefficient (Wildman–Crippen LogP) is 0.0701. The maximum Gasteiger partial charge on any atom is 0.308 e. The second-order valence-electron chi connectivity index (χ2n) is 2.99. The molecule has 1 aliphatic rings. The van der Waals surface area contributed by atoms with Gasteiger partial charge in [0.2, 0.25) is 0 Å². The number of esters is 1. The number of nitriles is 1. The van der Waals surface area contributed by atoms with Gasteiger partial charge in [-0.25, -0.2) is 0 Å². The summed E-state index contributed by atoms with van der Waals surface area (Å²) in [6.45, 7) is 0. The van der Waals surface area contributed by atoms with Gasteiger partial charge in [0.15, 0.2) is 0 Å². The van der Waals surface area contributed by atoms with Gasteiger partial charge in [-0.2, -0.15) is 5.26 Å². The lowest BCUT2D eigenvalue weighted by atomic mass is 10.1. The quantitative estimate of drug-likeness (QED) is 0.564. The van der Waals surface area contributed by atoms with Gasteiger partial charge in [0, 0.05) is 0 Å². The number of methoxy groups -OCH3 is 1. The van der Waals surface area contributed by atoms with Gasteiger partial charge in [-0.05, 0) is 12.8 Å². The topological polar surface area (TPSA) is 70.3 Å². The van der Waals surface area contributed by atoms with Crippen molar-refractivity contribution in [1.82, 2.24) is 0 Å². The van der Waals surface area contributed by atoms with Crippen molar-refractivity contribution < 1.29 is 14.6 Å².